The molecule has 122 valence electrons. The fourth-order valence-corrected chi connectivity index (χ4v) is 2.35. The van der Waals surface area contributed by atoms with Gasteiger partial charge in [-0.05, 0) is 32.7 Å². The molecule has 2 heterocycles. The van der Waals surface area contributed by atoms with Gasteiger partial charge in [-0.25, -0.2) is 4.79 Å². The molecule has 1 atom stereocenters. The third-order valence-electron chi connectivity index (χ3n) is 3.47. The summed E-state index contributed by atoms with van der Waals surface area (Å²) >= 11 is 0. The Bertz CT molecular complexity index is 678. The number of nitrogens with one attached hydrogen (secondary N) is 1. The molecule has 0 radical (unpaired) electrons. The van der Waals surface area contributed by atoms with Crippen LogP contribution >= 0.6 is 0 Å². The molecular weight excluding hydrogens is 284 g/mol. The van der Waals surface area contributed by atoms with Crippen LogP contribution in [0.4, 0.5) is 5.82 Å². The maximum absolute atomic E-state index is 12.0. The van der Waals surface area contributed by atoms with Gasteiger partial charge in [0.1, 0.15) is 5.52 Å². The minimum atomic E-state index is -0.244. The van der Waals surface area contributed by atoms with Gasteiger partial charge in [0.15, 0.2) is 11.5 Å². The number of unbranched alkanes of at least 4 members (excludes halogenated alkanes) is 1. The number of H-pyrrole nitrogens is 1. The molecule has 0 aliphatic heterocycles. The lowest BCUT2D eigenvalue weighted by atomic mass is 10.2. The van der Waals surface area contributed by atoms with Gasteiger partial charge in [0, 0.05) is 6.54 Å². The highest BCUT2D eigenvalue weighted by atomic mass is 16.5. The van der Waals surface area contributed by atoms with Crippen LogP contribution in [0, 0.1) is 0 Å². The van der Waals surface area contributed by atoms with E-state index in [1.54, 1.807) is 4.57 Å². The second kappa shape index (κ2) is 7.26. The van der Waals surface area contributed by atoms with E-state index in [4.69, 9.17) is 16.2 Å². The average Bonchev–Trinajstić information content (AvgIpc) is 2.77. The molecule has 0 aromatic carbocycles. The Morgan fingerprint density at radius 3 is 2.82 bits per heavy atom. The number of ether oxygens (including phenoxy) is 1. The summed E-state index contributed by atoms with van der Waals surface area (Å²) in [6, 6.07) is 0.206. The molecule has 0 aliphatic rings. The molecule has 8 heteroatoms. The molecule has 0 spiro atoms. The highest BCUT2D eigenvalue weighted by Gasteiger charge is 2.15. The first-order chi connectivity index (χ1) is 10.6. The molecule has 5 N–H and O–H groups in total. The minimum Gasteiger partial charge on any atom is -0.460 e. The molecule has 8 nitrogen and oxygen atoms in total. The van der Waals surface area contributed by atoms with Gasteiger partial charge in [-0.3, -0.25) is 4.57 Å². The van der Waals surface area contributed by atoms with Gasteiger partial charge in [-0.2, -0.15) is 9.97 Å². The zero-order valence-electron chi connectivity index (χ0n) is 13.1. The molecule has 0 amide bonds. The number of aromatic nitrogens is 4. The van der Waals surface area contributed by atoms with Gasteiger partial charge >= 0.3 is 11.7 Å². The topological polar surface area (TPSA) is 125 Å². The zero-order valence-corrected chi connectivity index (χ0v) is 13.1. The second-order valence-electron chi connectivity index (χ2n) is 5.38. The van der Waals surface area contributed by atoms with Crippen LogP contribution in [-0.2, 0) is 6.54 Å². The van der Waals surface area contributed by atoms with Gasteiger partial charge in [0.2, 0.25) is 0 Å². The summed E-state index contributed by atoms with van der Waals surface area (Å²) in [6.07, 6.45) is 3.55. The van der Waals surface area contributed by atoms with E-state index in [9.17, 15) is 4.79 Å². The van der Waals surface area contributed by atoms with Crippen molar-refractivity contribution in [2.75, 3.05) is 12.3 Å². The van der Waals surface area contributed by atoms with Crippen molar-refractivity contribution < 1.29 is 4.74 Å². The fraction of sp³-hybridized carbons (Fsp3) is 0.643. The molecule has 0 bridgehead atoms. The molecular formula is C14H24N6O2. The monoisotopic (exact) mass is 308 g/mol. The highest BCUT2D eigenvalue weighted by molar-refractivity contribution is 5.81. The molecule has 0 aliphatic carbocycles. The summed E-state index contributed by atoms with van der Waals surface area (Å²) in [5.41, 5.74) is 12.1. The number of hydrogen-bond donors (Lipinski definition) is 3. The third-order valence-corrected chi connectivity index (χ3v) is 3.47. The number of anilines is 1. The van der Waals surface area contributed by atoms with E-state index in [0.29, 0.717) is 24.3 Å². The van der Waals surface area contributed by atoms with Crippen molar-refractivity contribution in [2.24, 2.45) is 5.73 Å². The number of rotatable bonds is 8. The number of aromatic amines is 1. The zero-order chi connectivity index (χ0) is 16.1. The molecule has 0 unspecified atom stereocenters. The van der Waals surface area contributed by atoms with E-state index in [0.717, 1.165) is 25.7 Å². The van der Waals surface area contributed by atoms with Crippen LogP contribution in [0.15, 0.2) is 4.79 Å². The molecule has 2 aromatic rings. The first-order valence-corrected chi connectivity index (χ1v) is 7.69. The van der Waals surface area contributed by atoms with Crippen molar-refractivity contribution in [3.8, 4) is 6.01 Å². The van der Waals surface area contributed by atoms with Crippen LogP contribution in [0.3, 0.4) is 0 Å². The first kappa shape index (κ1) is 16.3. The van der Waals surface area contributed by atoms with E-state index in [1.165, 1.54) is 0 Å². The van der Waals surface area contributed by atoms with Gasteiger partial charge < -0.3 is 21.2 Å². The van der Waals surface area contributed by atoms with Crippen molar-refractivity contribution in [2.45, 2.75) is 52.2 Å². The highest BCUT2D eigenvalue weighted by Crippen LogP contribution is 2.19. The predicted molar refractivity (Wildman–Crippen MR) is 85.8 cm³/mol. The summed E-state index contributed by atoms with van der Waals surface area (Å²) in [7, 11) is 0. The Kier molecular flexibility index (Phi) is 5.37. The van der Waals surface area contributed by atoms with E-state index in [2.05, 4.69) is 21.9 Å². The number of aryl methyl sites for hydroxylation is 1. The number of hydrogen-bond acceptors (Lipinski definition) is 6. The standard InChI is InChI=1S/C14H24N6O2/c1-3-6-9(2)22-13-18-11(16)10-12(19-13)20(14(21)17-10)8-5-4-7-15/h9H,3-8,15H2,1-2H3,(H,17,21)(H2,16,18,19)/t9-/m0/s1. The Morgan fingerprint density at radius 2 is 2.14 bits per heavy atom. The number of nitrogens with zero attached hydrogens (tertiary/aromatic N) is 3. The van der Waals surface area contributed by atoms with Gasteiger partial charge in [-0.1, -0.05) is 13.3 Å². The van der Waals surface area contributed by atoms with Crippen molar-refractivity contribution >= 4 is 17.0 Å². The van der Waals surface area contributed by atoms with Gasteiger partial charge in [0.05, 0.1) is 6.10 Å². The fourth-order valence-electron chi connectivity index (χ4n) is 2.35. The largest absolute Gasteiger partial charge is 0.460 e. The van der Waals surface area contributed by atoms with Crippen molar-refractivity contribution in [3.05, 3.63) is 10.5 Å². The van der Waals surface area contributed by atoms with Crippen LogP contribution < -0.4 is 21.9 Å². The Morgan fingerprint density at radius 1 is 1.36 bits per heavy atom. The molecule has 0 saturated heterocycles. The van der Waals surface area contributed by atoms with Crippen LogP contribution in [-0.4, -0.2) is 32.2 Å². The maximum Gasteiger partial charge on any atom is 0.327 e. The van der Waals surface area contributed by atoms with Crippen LogP contribution in [0.5, 0.6) is 6.01 Å². The lowest BCUT2D eigenvalue weighted by Crippen LogP contribution is -2.18. The molecule has 22 heavy (non-hydrogen) atoms. The number of nitrogen functional groups attached to an aromatic ring is 1. The summed E-state index contributed by atoms with van der Waals surface area (Å²) in [5.74, 6) is 0.221. The normalized spacial score (nSPS) is 12.7. The smallest absolute Gasteiger partial charge is 0.327 e. The van der Waals surface area contributed by atoms with Crippen LogP contribution in [0.1, 0.15) is 39.5 Å². The Labute approximate surface area is 128 Å². The van der Waals surface area contributed by atoms with Crippen LogP contribution in [0.2, 0.25) is 0 Å². The van der Waals surface area contributed by atoms with E-state index >= 15 is 0 Å². The van der Waals surface area contributed by atoms with Gasteiger partial charge in [-0.15, -0.1) is 0 Å². The number of fused-ring (bicyclic) bond motifs is 1. The van der Waals surface area contributed by atoms with E-state index in [-0.39, 0.29) is 23.6 Å². The van der Waals surface area contributed by atoms with Crippen molar-refractivity contribution in [3.63, 3.8) is 0 Å². The first-order valence-electron chi connectivity index (χ1n) is 7.69. The predicted octanol–water partition coefficient (Wildman–Crippen LogP) is 1.01. The van der Waals surface area contributed by atoms with Crippen molar-refractivity contribution in [1.29, 1.82) is 0 Å². The lowest BCUT2D eigenvalue weighted by molar-refractivity contribution is 0.193. The van der Waals surface area contributed by atoms with Crippen LogP contribution in [0.25, 0.3) is 11.2 Å². The molecule has 0 saturated carbocycles. The average molecular weight is 308 g/mol. The van der Waals surface area contributed by atoms with Crippen molar-refractivity contribution in [1.82, 2.24) is 19.5 Å². The Hall–Kier alpha value is -2.09. The molecule has 2 aromatic heterocycles. The quantitative estimate of drug-likeness (QED) is 0.625. The minimum absolute atomic E-state index is 0.00166. The maximum atomic E-state index is 12.0. The van der Waals surface area contributed by atoms with E-state index in [1.807, 2.05) is 6.92 Å². The van der Waals surface area contributed by atoms with E-state index < -0.39 is 0 Å². The second-order valence-corrected chi connectivity index (χ2v) is 5.38. The third kappa shape index (κ3) is 3.56. The summed E-state index contributed by atoms with van der Waals surface area (Å²) in [6.45, 7) is 5.17. The van der Waals surface area contributed by atoms with Gasteiger partial charge in [0.25, 0.3) is 0 Å². The Balaban J connectivity index is 2.33. The SMILES string of the molecule is CCC[C@H](C)Oc1nc(N)c2[nH]c(=O)n(CCCCN)c2n1. The number of imidazole rings is 1. The lowest BCUT2D eigenvalue weighted by Gasteiger charge is -2.12. The summed E-state index contributed by atoms with van der Waals surface area (Å²) in [5, 5.41) is 0. The number of nitrogens with two attached hydrogens (primary N) is 2. The molecule has 2 rings (SSSR count). The molecule has 0 fully saturated rings. The summed E-state index contributed by atoms with van der Waals surface area (Å²) < 4.78 is 7.24. The summed E-state index contributed by atoms with van der Waals surface area (Å²) in [4.78, 5) is 23.2.